The molecule has 0 spiro atoms. The molecule has 0 aliphatic carbocycles. The first-order valence-electron chi connectivity index (χ1n) is 8.59. The van der Waals surface area contributed by atoms with E-state index in [9.17, 15) is 13.2 Å². The van der Waals surface area contributed by atoms with Crippen LogP contribution in [0.3, 0.4) is 0 Å². The minimum Gasteiger partial charge on any atom is -0.497 e. The highest BCUT2D eigenvalue weighted by Crippen LogP contribution is 2.32. The lowest BCUT2D eigenvalue weighted by Crippen LogP contribution is -2.46. The van der Waals surface area contributed by atoms with Crippen LogP contribution in [0.2, 0.25) is 4.34 Å². The summed E-state index contributed by atoms with van der Waals surface area (Å²) >= 11 is 6.87. The van der Waals surface area contributed by atoms with Crippen LogP contribution in [0.4, 0.5) is 0 Å². The van der Waals surface area contributed by atoms with Crippen molar-refractivity contribution in [1.82, 2.24) is 9.62 Å². The molecule has 1 atom stereocenters. The van der Waals surface area contributed by atoms with Gasteiger partial charge in [-0.2, -0.15) is 4.31 Å². The Kier molecular flexibility index (Phi) is 6.41. The summed E-state index contributed by atoms with van der Waals surface area (Å²) in [6.45, 7) is 0.787. The zero-order chi connectivity index (χ0) is 19.4. The second kappa shape index (κ2) is 8.60. The summed E-state index contributed by atoms with van der Waals surface area (Å²) in [5.74, 6) is 0.524. The third-order valence-corrected chi connectivity index (χ3v) is 8.10. The highest BCUT2D eigenvalue weighted by molar-refractivity contribution is 7.91. The molecule has 3 rings (SSSR count). The first-order valence-corrected chi connectivity index (χ1v) is 11.2. The van der Waals surface area contributed by atoms with Gasteiger partial charge in [0.2, 0.25) is 5.91 Å². The van der Waals surface area contributed by atoms with Gasteiger partial charge in [-0.15, -0.1) is 11.3 Å². The summed E-state index contributed by atoms with van der Waals surface area (Å²) < 4.78 is 32.6. The first-order chi connectivity index (χ1) is 12.9. The van der Waals surface area contributed by atoms with Crippen LogP contribution in [0.25, 0.3) is 0 Å². The Balaban J connectivity index is 1.60. The van der Waals surface area contributed by atoms with E-state index in [0.29, 0.717) is 36.7 Å². The fourth-order valence-electron chi connectivity index (χ4n) is 3.08. The van der Waals surface area contributed by atoms with Crippen LogP contribution >= 0.6 is 22.9 Å². The van der Waals surface area contributed by atoms with Crippen LogP contribution in [0.1, 0.15) is 18.4 Å². The van der Waals surface area contributed by atoms with E-state index >= 15 is 0 Å². The summed E-state index contributed by atoms with van der Waals surface area (Å²) in [6, 6.07) is 9.99. The smallest absolute Gasteiger partial charge is 0.253 e. The maximum Gasteiger partial charge on any atom is 0.253 e. The molecule has 1 aromatic heterocycles. The first kappa shape index (κ1) is 20.1. The van der Waals surface area contributed by atoms with Crippen LogP contribution < -0.4 is 10.1 Å². The van der Waals surface area contributed by atoms with E-state index in [0.717, 1.165) is 22.6 Å². The highest BCUT2D eigenvalue weighted by Gasteiger charge is 2.39. The van der Waals surface area contributed by atoms with Gasteiger partial charge >= 0.3 is 0 Å². The van der Waals surface area contributed by atoms with Gasteiger partial charge in [-0.05, 0) is 49.1 Å². The molecule has 1 amide bonds. The number of hydrogen-bond donors (Lipinski definition) is 1. The van der Waals surface area contributed by atoms with Crippen LogP contribution in [0, 0.1) is 0 Å². The number of nitrogens with one attached hydrogen (secondary N) is 1. The van der Waals surface area contributed by atoms with Crippen molar-refractivity contribution < 1.29 is 17.9 Å². The third-order valence-electron chi connectivity index (χ3n) is 4.49. The number of sulfonamides is 1. The number of carbonyl (C=O) groups excluding carboxylic acids is 1. The average molecular weight is 429 g/mol. The number of thiophene rings is 1. The molecule has 1 aliphatic rings. The number of nitrogens with zero attached hydrogens (tertiary/aromatic N) is 1. The lowest BCUT2D eigenvalue weighted by atomic mass is 10.1. The number of halogens is 1. The van der Waals surface area contributed by atoms with E-state index < -0.39 is 16.1 Å². The molecule has 1 aromatic carbocycles. The molecule has 2 heterocycles. The average Bonchev–Trinajstić information content (AvgIpc) is 3.32. The monoisotopic (exact) mass is 428 g/mol. The minimum absolute atomic E-state index is 0.172. The van der Waals surface area contributed by atoms with E-state index in [4.69, 9.17) is 16.3 Å². The van der Waals surface area contributed by atoms with Gasteiger partial charge < -0.3 is 10.1 Å². The fraction of sp³-hybridized carbons (Fsp3) is 0.389. The normalized spacial score (nSPS) is 17.8. The molecule has 146 valence electrons. The van der Waals surface area contributed by atoms with Crippen LogP contribution in [0.15, 0.2) is 40.6 Å². The van der Waals surface area contributed by atoms with Crippen LogP contribution in [-0.4, -0.2) is 44.9 Å². The number of hydrogen-bond acceptors (Lipinski definition) is 5. The summed E-state index contributed by atoms with van der Waals surface area (Å²) in [7, 11) is -2.09. The number of rotatable bonds is 7. The Morgan fingerprint density at radius 2 is 2.04 bits per heavy atom. The predicted molar refractivity (Wildman–Crippen MR) is 106 cm³/mol. The molecular formula is C18H21ClN2O4S2. The summed E-state index contributed by atoms with van der Waals surface area (Å²) in [5, 5.41) is 2.86. The Bertz CT molecular complexity index is 896. The predicted octanol–water partition coefficient (Wildman–Crippen LogP) is 2.92. The summed E-state index contributed by atoms with van der Waals surface area (Å²) in [4.78, 5) is 12.6. The Morgan fingerprint density at radius 1 is 1.30 bits per heavy atom. The van der Waals surface area contributed by atoms with E-state index in [1.165, 1.54) is 10.4 Å². The topological polar surface area (TPSA) is 75.7 Å². The number of amides is 1. The van der Waals surface area contributed by atoms with Gasteiger partial charge in [-0.3, -0.25) is 4.79 Å². The van der Waals surface area contributed by atoms with Crippen LogP contribution in [-0.2, 0) is 21.2 Å². The molecule has 6 nitrogen and oxygen atoms in total. The van der Waals surface area contributed by atoms with Crippen molar-refractivity contribution >= 4 is 38.9 Å². The lowest BCUT2D eigenvalue weighted by molar-refractivity contribution is -0.124. The minimum atomic E-state index is -3.70. The SMILES string of the molecule is COc1ccc(CCNC(=O)C2CCCN2S(=O)(=O)c2ccc(Cl)s2)cc1. The number of carbonyl (C=O) groups is 1. The second-order valence-corrected chi connectivity index (χ2v) is 10.1. The van der Waals surface area contributed by atoms with Crippen molar-refractivity contribution in [2.24, 2.45) is 0 Å². The third kappa shape index (κ3) is 4.63. The van der Waals surface area contributed by atoms with Crippen LogP contribution in [0.5, 0.6) is 5.75 Å². The van der Waals surface area contributed by atoms with Crippen molar-refractivity contribution in [3.8, 4) is 5.75 Å². The summed E-state index contributed by atoms with van der Waals surface area (Å²) in [5.41, 5.74) is 1.07. The molecule has 27 heavy (non-hydrogen) atoms. The van der Waals surface area contributed by atoms with Gasteiger partial charge in [0.1, 0.15) is 16.0 Å². The van der Waals surface area contributed by atoms with E-state index in [2.05, 4.69) is 5.32 Å². The largest absolute Gasteiger partial charge is 0.497 e. The number of methoxy groups -OCH3 is 1. The van der Waals surface area contributed by atoms with Crippen molar-refractivity contribution in [3.05, 3.63) is 46.3 Å². The molecule has 0 bridgehead atoms. The second-order valence-electron chi connectivity index (χ2n) is 6.22. The number of ether oxygens (including phenoxy) is 1. The summed E-state index contributed by atoms with van der Waals surface area (Å²) in [6.07, 6.45) is 1.84. The van der Waals surface area contributed by atoms with Crippen molar-refractivity contribution in [1.29, 1.82) is 0 Å². The van der Waals surface area contributed by atoms with Gasteiger partial charge in [0.15, 0.2) is 0 Å². The number of benzene rings is 1. The highest BCUT2D eigenvalue weighted by atomic mass is 35.5. The standard InChI is InChI=1S/C18H21ClN2O4S2/c1-25-14-6-4-13(5-7-14)10-11-20-18(22)15-3-2-12-21(15)27(23,24)17-9-8-16(19)26-17/h4-9,15H,2-3,10-12H2,1H3,(H,20,22). The maximum absolute atomic E-state index is 12.8. The Labute approximate surface area is 168 Å². The Hall–Kier alpha value is -1.61. The van der Waals surface area contributed by atoms with Gasteiger partial charge in [-0.25, -0.2) is 8.42 Å². The fourth-order valence-corrected chi connectivity index (χ4v) is 6.35. The molecule has 9 heteroatoms. The van der Waals surface area contributed by atoms with Gasteiger partial charge in [-0.1, -0.05) is 23.7 Å². The van der Waals surface area contributed by atoms with Gasteiger partial charge in [0, 0.05) is 13.1 Å². The van der Waals surface area contributed by atoms with Crippen molar-refractivity contribution in [2.75, 3.05) is 20.2 Å². The van der Waals surface area contributed by atoms with Crippen molar-refractivity contribution in [2.45, 2.75) is 29.5 Å². The molecule has 0 radical (unpaired) electrons. The maximum atomic E-state index is 12.8. The zero-order valence-corrected chi connectivity index (χ0v) is 17.2. The molecule has 1 fully saturated rings. The lowest BCUT2D eigenvalue weighted by Gasteiger charge is -2.22. The zero-order valence-electron chi connectivity index (χ0n) is 14.9. The quantitative estimate of drug-likeness (QED) is 0.735. The van der Waals surface area contributed by atoms with Crippen molar-refractivity contribution in [3.63, 3.8) is 0 Å². The van der Waals surface area contributed by atoms with E-state index in [-0.39, 0.29) is 10.1 Å². The molecule has 0 saturated carbocycles. The molecular weight excluding hydrogens is 408 g/mol. The molecule has 1 N–H and O–H groups in total. The van der Waals surface area contributed by atoms with E-state index in [1.807, 2.05) is 24.3 Å². The molecule has 1 unspecified atom stereocenters. The Morgan fingerprint density at radius 3 is 2.67 bits per heavy atom. The van der Waals surface area contributed by atoms with Gasteiger partial charge in [0.05, 0.1) is 11.4 Å². The molecule has 1 saturated heterocycles. The molecule has 1 aliphatic heterocycles. The van der Waals surface area contributed by atoms with E-state index in [1.54, 1.807) is 13.2 Å². The van der Waals surface area contributed by atoms with Gasteiger partial charge in [0.25, 0.3) is 10.0 Å². The molecule has 2 aromatic rings.